The van der Waals surface area contributed by atoms with Gasteiger partial charge in [0, 0.05) is 17.3 Å². The maximum Gasteiger partial charge on any atom is 0.300 e. The molecule has 1 atom stereocenters. The van der Waals surface area contributed by atoms with Crippen molar-refractivity contribution >= 4 is 23.1 Å². The van der Waals surface area contributed by atoms with Gasteiger partial charge >= 0.3 is 0 Å². The van der Waals surface area contributed by atoms with Gasteiger partial charge in [-0.15, -0.1) is 0 Å². The minimum atomic E-state index is -0.792. The molecule has 0 bridgehead atoms. The van der Waals surface area contributed by atoms with E-state index in [0.29, 0.717) is 22.7 Å². The molecule has 37 heavy (non-hydrogen) atoms. The Hall–Kier alpha value is -4.06. The molecule has 0 saturated carbocycles. The van der Waals surface area contributed by atoms with Gasteiger partial charge in [0.25, 0.3) is 11.7 Å². The molecular weight excluding hydrogens is 466 g/mol. The van der Waals surface area contributed by atoms with Crippen LogP contribution in [0.4, 0.5) is 5.69 Å². The molecule has 190 valence electrons. The third-order valence-corrected chi connectivity index (χ3v) is 7.42. The average molecular weight is 498 g/mol. The lowest BCUT2D eigenvalue weighted by molar-refractivity contribution is -0.132. The minimum Gasteiger partial charge on any atom is -0.507 e. The third kappa shape index (κ3) is 4.37. The average Bonchev–Trinajstić information content (AvgIpc) is 3.21. The van der Waals surface area contributed by atoms with E-state index in [4.69, 9.17) is 9.47 Å². The molecule has 1 saturated heterocycles. The smallest absolute Gasteiger partial charge is 0.300 e. The zero-order valence-electron chi connectivity index (χ0n) is 21.4. The van der Waals surface area contributed by atoms with Gasteiger partial charge in [0.05, 0.1) is 25.8 Å². The zero-order valence-corrected chi connectivity index (χ0v) is 21.4. The summed E-state index contributed by atoms with van der Waals surface area (Å²) < 4.78 is 10.8. The highest BCUT2D eigenvalue weighted by atomic mass is 16.5. The molecule has 1 aliphatic carbocycles. The normalized spacial score (nSPS) is 18.6. The number of methoxy groups -OCH3 is 2. The standard InChI is InChI=1S/C31H31NO5/c1-4-19-9-11-21(12-10-19)28-27(29(33)23-14-13-20-7-5-6-8-22(20)17-23)30(34)31(35)32(28)24-15-16-25(36-2)26(18-24)37-3/h9-18,28,33H,4-8H2,1-3H3/b29-27-. The number of hydrogen-bond acceptors (Lipinski definition) is 5. The fourth-order valence-electron chi connectivity index (χ4n) is 5.36. The summed E-state index contributed by atoms with van der Waals surface area (Å²) in [4.78, 5) is 28.5. The van der Waals surface area contributed by atoms with Crippen molar-refractivity contribution in [2.24, 2.45) is 0 Å². The summed E-state index contributed by atoms with van der Waals surface area (Å²) in [6.07, 6.45) is 5.08. The Labute approximate surface area is 217 Å². The molecule has 0 spiro atoms. The number of amides is 1. The molecule has 1 amide bonds. The van der Waals surface area contributed by atoms with E-state index in [1.807, 2.05) is 42.5 Å². The van der Waals surface area contributed by atoms with Gasteiger partial charge in [-0.05, 0) is 72.6 Å². The third-order valence-electron chi connectivity index (χ3n) is 7.42. The molecule has 6 nitrogen and oxygen atoms in total. The van der Waals surface area contributed by atoms with Gasteiger partial charge in [0.1, 0.15) is 5.76 Å². The van der Waals surface area contributed by atoms with Crippen molar-refractivity contribution in [2.75, 3.05) is 19.1 Å². The molecule has 1 unspecified atom stereocenters. The summed E-state index contributed by atoms with van der Waals surface area (Å²) in [7, 11) is 3.06. The number of hydrogen-bond donors (Lipinski definition) is 1. The van der Waals surface area contributed by atoms with Crippen molar-refractivity contribution < 1.29 is 24.2 Å². The first-order chi connectivity index (χ1) is 18.0. The van der Waals surface area contributed by atoms with Gasteiger partial charge in [-0.3, -0.25) is 14.5 Å². The van der Waals surface area contributed by atoms with E-state index >= 15 is 0 Å². The summed E-state index contributed by atoms with van der Waals surface area (Å²) in [5.41, 5.74) is 5.47. The van der Waals surface area contributed by atoms with Crippen LogP contribution >= 0.6 is 0 Å². The van der Waals surface area contributed by atoms with Crippen LogP contribution in [0.25, 0.3) is 5.76 Å². The summed E-state index contributed by atoms with van der Waals surface area (Å²) in [6, 6.07) is 18.0. The Morgan fingerprint density at radius 2 is 1.59 bits per heavy atom. The number of carbonyl (C=O) groups excluding carboxylic acids is 2. The second-order valence-corrected chi connectivity index (χ2v) is 9.49. The monoisotopic (exact) mass is 497 g/mol. The molecule has 5 rings (SSSR count). The Kier molecular flexibility index (Phi) is 6.74. The lowest BCUT2D eigenvalue weighted by atomic mass is 9.88. The molecular formula is C31H31NO5. The van der Waals surface area contributed by atoms with Gasteiger partial charge in [-0.2, -0.15) is 0 Å². The van der Waals surface area contributed by atoms with Crippen LogP contribution in [0.1, 0.15) is 53.6 Å². The number of ether oxygens (including phenoxy) is 2. The van der Waals surface area contributed by atoms with Crippen LogP contribution in [0.3, 0.4) is 0 Å². The van der Waals surface area contributed by atoms with Crippen molar-refractivity contribution in [3.8, 4) is 11.5 Å². The van der Waals surface area contributed by atoms with Crippen molar-refractivity contribution in [1.29, 1.82) is 0 Å². The van der Waals surface area contributed by atoms with E-state index < -0.39 is 17.7 Å². The second-order valence-electron chi connectivity index (χ2n) is 9.49. The van der Waals surface area contributed by atoms with Gasteiger partial charge in [0.2, 0.25) is 0 Å². The predicted octanol–water partition coefficient (Wildman–Crippen LogP) is 5.77. The van der Waals surface area contributed by atoms with E-state index in [1.165, 1.54) is 30.2 Å². The fraction of sp³-hybridized carbons (Fsp3) is 0.290. The van der Waals surface area contributed by atoms with Gasteiger partial charge in [-0.1, -0.05) is 43.3 Å². The number of benzene rings is 3. The van der Waals surface area contributed by atoms with Gasteiger partial charge in [-0.25, -0.2) is 0 Å². The highest BCUT2D eigenvalue weighted by molar-refractivity contribution is 6.51. The van der Waals surface area contributed by atoms with E-state index in [-0.39, 0.29) is 11.3 Å². The molecule has 0 radical (unpaired) electrons. The quantitative estimate of drug-likeness (QED) is 0.266. The number of aliphatic hydroxyl groups is 1. The number of rotatable bonds is 6. The minimum absolute atomic E-state index is 0.0831. The Bertz CT molecular complexity index is 1390. The zero-order chi connectivity index (χ0) is 26.1. The highest BCUT2D eigenvalue weighted by Crippen LogP contribution is 2.44. The van der Waals surface area contributed by atoms with E-state index in [2.05, 4.69) is 6.92 Å². The molecule has 6 heteroatoms. The lowest BCUT2D eigenvalue weighted by Crippen LogP contribution is -2.29. The highest BCUT2D eigenvalue weighted by Gasteiger charge is 2.47. The van der Waals surface area contributed by atoms with Crippen molar-refractivity contribution in [1.82, 2.24) is 0 Å². The first kappa shape index (κ1) is 24.6. The Morgan fingerprint density at radius 1 is 0.892 bits per heavy atom. The number of aliphatic hydroxyl groups excluding tert-OH is 1. The fourth-order valence-corrected chi connectivity index (χ4v) is 5.36. The van der Waals surface area contributed by atoms with Crippen LogP contribution in [0.15, 0.2) is 66.2 Å². The molecule has 1 fully saturated rings. The van der Waals surface area contributed by atoms with Crippen molar-refractivity contribution in [3.63, 3.8) is 0 Å². The Balaban J connectivity index is 1.68. The number of ketones is 1. The molecule has 2 aliphatic rings. The largest absolute Gasteiger partial charge is 0.507 e. The van der Waals surface area contributed by atoms with Crippen LogP contribution < -0.4 is 14.4 Å². The number of carbonyl (C=O) groups is 2. The van der Waals surface area contributed by atoms with Crippen LogP contribution in [0.2, 0.25) is 0 Å². The summed E-state index contributed by atoms with van der Waals surface area (Å²) in [6.45, 7) is 2.07. The van der Waals surface area contributed by atoms with Crippen LogP contribution in [0, 0.1) is 0 Å². The second kappa shape index (κ2) is 10.1. The van der Waals surface area contributed by atoms with E-state index in [1.54, 1.807) is 18.2 Å². The van der Waals surface area contributed by atoms with Crippen LogP contribution in [-0.4, -0.2) is 31.0 Å². The van der Waals surface area contributed by atoms with Gasteiger partial charge < -0.3 is 14.6 Å². The lowest BCUT2D eigenvalue weighted by Gasteiger charge is -2.26. The topological polar surface area (TPSA) is 76.1 Å². The van der Waals surface area contributed by atoms with Gasteiger partial charge in [0.15, 0.2) is 11.5 Å². The number of aryl methyl sites for hydroxylation is 3. The first-order valence-corrected chi connectivity index (χ1v) is 12.7. The van der Waals surface area contributed by atoms with Crippen LogP contribution in [-0.2, 0) is 28.9 Å². The SMILES string of the molecule is CCc1ccc(C2/C(=C(/O)c3ccc4c(c3)CCCC4)C(=O)C(=O)N2c2ccc(OC)c(OC)c2)cc1. The molecule has 0 aromatic heterocycles. The van der Waals surface area contributed by atoms with Crippen molar-refractivity contribution in [2.45, 2.75) is 45.1 Å². The maximum absolute atomic E-state index is 13.5. The number of nitrogens with zero attached hydrogens (tertiary/aromatic N) is 1. The summed E-state index contributed by atoms with van der Waals surface area (Å²) in [5, 5.41) is 11.5. The summed E-state index contributed by atoms with van der Waals surface area (Å²) in [5.74, 6) is -0.609. The Morgan fingerprint density at radius 3 is 2.27 bits per heavy atom. The van der Waals surface area contributed by atoms with Crippen LogP contribution in [0.5, 0.6) is 11.5 Å². The number of fused-ring (bicyclic) bond motifs is 1. The number of anilines is 1. The molecule has 1 aliphatic heterocycles. The summed E-state index contributed by atoms with van der Waals surface area (Å²) >= 11 is 0. The molecule has 1 N–H and O–H groups in total. The maximum atomic E-state index is 13.5. The molecule has 3 aromatic carbocycles. The molecule has 1 heterocycles. The first-order valence-electron chi connectivity index (χ1n) is 12.7. The number of Topliss-reactive ketones (excluding diaryl/α,β-unsaturated/α-hetero) is 1. The van der Waals surface area contributed by atoms with Crippen molar-refractivity contribution in [3.05, 3.63) is 94.1 Å². The molecule has 3 aromatic rings. The van der Waals surface area contributed by atoms with E-state index in [0.717, 1.165) is 43.2 Å². The predicted molar refractivity (Wildman–Crippen MR) is 143 cm³/mol. The van der Waals surface area contributed by atoms with E-state index in [9.17, 15) is 14.7 Å².